The average Bonchev–Trinajstić information content (AvgIpc) is 2.37. The van der Waals surface area contributed by atoms with Gasteiger partial charge in [-0.1, -0.05) is 37.6 Å². The predicted molar refractivity (Wildman–Crippen MR) is 72.3 cm³/mol. The van der Waals surface area contributed by atoms with Crippen molar-refractivity contribution in [1.29, 1.82) is 0 Å². The molecule has 1 aromatic carbocycles. The van der Waals surface area contributed by atoms with Crippen LogP contribution in [0.5, 0.6) is 0 Å². The Hall–Kier alpha value is -0.820. The average molecular weight is 232 g/mol. The van der Waals surface area contributed by atoms with Gasteiger partial charge < -0.3 is 5.11 Å². The maximum absolute atomic E-state index is 9.54. The fourth-order valence-corrected chi connectivity index (χ4v) is 2.79. The van der Waals surface area contributed by atoms with Crippen molar-refractivity contribution in [2.45, 2.75) is 63.9 Å². The monoisotopic (exact) mass is 232 g/mol. The van der Waals surface area contributed by atoms with E-state index in [9.17, 15) is 5.11 Å². The summed E-state index contributed by atoms with van der Waals surface area (Å²) in [6, 6.07) is 9.10. The molecule has 94 valence electrons. The fraction of sp³-hybridized carbons (Fsp3) is 0.625. The van der Waals surface area contributed by atoms with E-state index in [0.717, 1.165) is 25.7 Å². The maximum Gasteiger partial charge on any atom is 0.0540 e. The highest BCUT2D eigenvalue weighted by Gasteiger charge is 2.20. The normalized spacial score (nSPS) is 24.8. The van der Waals surface area contributed by atoms with Crippen LogP contribution in [-0.4, -0.2) is 11.2 Å². The molecule has 1 aromatic rings. The number of aliphatic hydroxyl groups is 1. The molecule has 0 amide bonds. The first-order valence-electron chi connectivity index (χ1n) is 7.06. The highest BCUT2D eigenvalue weighted by Crippen LogP contribution is 2.33. The van der Waals surface area contributed by atoms with Crippen molar-refractivity contribution in [1.82, 2.24) is 0 Å². The third kappa shape index (κ3) is 3.57. The van der Waals surface area contributed by atoms with Crippen LogP contribution in [0.15, 0.2) is 24.3 Å². The molecule has 2 rings (SSSR count). The highest BCUT2D eigenvalue weighted by molar-refractivity contribution is 5.27. The first-order valence-corrected chi connectivity index (χ1v) is 7.06. The lowest BCUT2D eigenvalue weighted by Crippen LogP contribution is -2.17. The minimum atomic E-state index is -0.0467. The Labute approximate surface area is 105 Å². The Morgan fingerprint density at radius 2 is 1.94 bits per heavy atom. The van der Waals surface area contributed by atoms with Gasteiger partial charge in [0.15, 0.2) is 0 Å². The summed E-state index contributed by atoms with van der Waals surface area (Å²) in [7, 11) is 0. The number of hydrogen-bond donors (Lipinski definition) is 1. The summed E-state index contributed by atoms with van der Waals surface area (Å²) in [6.07, 6.45) is 7.96. The van der Waals surface area contributed by atoms with Crippen LogP contribution in [0.2, 0.25) is 0 Å². The van der Waals surface area contributed by atoms with Gasteiger partial charge in [0.2, 0.25) is 0 Å². The Bertz CT molecular complexity index is 337. The summed E-state index contributed by atoms with van der Waals surface area (Å²) >= 11 is 0. The summed E-state index contributed by atoms with van der Waals surface area (Å²) in [6.45, 7) is 2.24. The second-order valence-corrected chi connectivity index (χ2v) is 5.35. The molecule has 1 N–H and O–H groups in total. The molecule has 0 bridgehead atoms. The molecule has 1 fully saturated rings. The minimum absolute atomic E-state index is 0.0467. The third-order valence-corrected chi connectivity index (χ3v) is 3.94. The van der Waals surface area contributed by atoms with Crippen LogP contribution in [0, 0.1) is 0 Å². The lowest BCUT2D eigenvalue weighted by molar-refractivity contribution is 0.122. The zero-order chi connectivity index (χ0) is 12.1. The first kappa shape index (κ1) is 12.6. The summed E-state index contributed by atoms with van der Waals surface area (Å²) in [5, 5.41) is 9.54. The standard InChI is InChI=1S/C16H24O/c1-2-3-5-13-6-4-7-15(12-13)14-8-10-16(17)11-9-14/h4,6-7,12,14,16-17H,2-3,5,8-11H2,1H3. The summed E-state index contributed by atoms with van der Waals surface area (Å²) in [5.74, 6) is 0.681. The van der Waals surface area contributed by atoms with Gasteiger partial charge in [-0.05, 0) is 55.6 Å². The number of rotatable bonds is 4. The summed E-state index contributed by atoms with van der Waals surface area (Å²) < 4.78 is 0. The van der Waals surface area contributed by atoms with Gasteiger partial charge in [0, 0.05) is 0 Å². The molecular formula is C16H24O. The van der Waals surface area contributed by atoms with E-state index in [1.54, 1.807) is 0 Å². The van der Waals surface area contributed by atoms with E-state index in [0.29, 0.717) is 5.92 Å². The molecule has 1 nitrogen and oxygen atoms in total. The van der Waals surface area contributed by atoms with E-state index >= 15 is 0 Å². The number of aliphatic hydroxyl groups excluding tert-OH is 1. The molecule has 0 unspecified atom stereocenters. The first-order chi connectivity index (χ1) is 8.29. The molecule has 1 aliphatic rings. The molecular weight excluding hydrogens is 208 g/mol. The molecule has 17 heavy (non-hydrogen) atoms. The van der Waals surface area contributed by atoms with E-state index in [2.05, 4.69) is 31.2 Å². The molecule has 0 radical (unpaired) electrons. The van der Waals surface area contributed by atoms with Gasteiger partial charge in [0.05, 0.1) is 6.10 Å². The number of benzene rings is 1. The van der Waals surface area contributed by atoms with Gasteiger partial charge in [0.1, 0.15) is 0 Å². The molecule has 0 atom stereocenters. The second-order valence-electron chi connectivity index (χ2n) is 5.35. The van der Waals surface area contributed by atoms with Crippen molar-refractivity contribution < 1.29 is 5.11 Å². The minimum Gasteiger partial charge on any atom is -0.393 e. The quantitative estimate of drug-likeness (QED) is 0.830. The van der Waals surface area contributed by atoms with Crippen LogP contribution in [0.25, 0.3) is 0 Å². The Kier molecular flexibility index (Phi) is 4.61. The van der Waals surface area contributed by atoms with Gasteiger partial charge >= 0.3 is 0 Å². The lowest BCUT2D eigenvalue weighted by Gasteiger charge is -2.26. The zero-order valence-electron chi connectivity index (χ0n) is 10.9. The third-order valence-electron chi connectivity index (χ3n) is 3.94. The highest BCUT2D eigenvalue weighted by atomic mass is 16.3. The van der Waals surface area contributed by atoms with Crippen molar-refractivity contribution in [3.8, 4) is 0 Å². The van der Waals surface area contributed by atoms with Gasteiger partial charge in [0.25, 0.3) is 0 Å². The van der Waals surface area contributed by atoms with Gasteiger partial charge in [-0.3, -0.25) is 0 Å². The van der Waals surface area contributed by atoms with Crippen LogP contribution in [-0.2, 0) is 6.42 Å². The Balaban J connectivity index is 2.00. The maximum atomic E-state index is 9.54. The molecule has 0 heterocycles. The van der Waals surface area contributed by atoms with Gasteiger partial charge in [-0.25, -0.2) is 0 Å². The largest absolute Gasteiger partial charge is 0.393 e. The van der Waals surface area contributed by atoms with Crippen molar-refractivity contribution in [3.63, 3.8) is 0 Å². The van der Waals surface area contributed by atoms with Crippen molar-refractivity contribution in [2.24, 2.45) is 0 Å². The summed E-state index contributed by atoms with van der Waals surface area (Å²) in [5.41, 5.74) is 2.97. The molecule has 0 saturated heterocycles. The number of unbranched alkanes of at least 4 members (excludes halogenated alkanes) is 1. The van der Waals surface area contributed by atoms with E-state index in [1.165, 1.54) is 30.4 Å². The van der Waals surface area contributed by atoms with Gasteiger partial charge in [-0.2, -0.15) is 0 Å². The van der Waals surface area contributed by atoms with Crippen molar-refractivity contribution in [2.75, 3.05) is 0 Å². The molecule has 1 aliphatic carbocycles. The van der Waals surface area contributed by atoms with E-state index < -0.39 is 0 Å². The van der Waals surface area contributed by atoms with Crippen LogP contribution in [0.4, 0.5) is 0 Å². The number of aryl methyl sites for hydroxylation is 1. The van der Waals surface area contributed by atoms with Crippen LogP contribution in [0.1, 0.15) is 62.5 Å². The van der Waals surface area contributed by atoms with E-state index in [4.69, 9.17) is 0 Å². The SMILES string of the molecule is CCCCc1cccc(C2CCC(O)CC2)c1. The lowest BCUT2D eigenvalue weighted by atomic mass is 9.82. The second kappa shape index (κ2) is 6.20. The van der Waals surface area contributed by atoms with Gasteiger partial charge in [-0.15, -0.1) is 0 Å². The van der Waals surface area contributed by atoms with Crippen LogP contribution < -0.4 is 0 Å². The fourth-order valence-electron chi connectivity index (χ4n) is 2.79. The topological polar surface area (TPSA) is 20.2 Å². The van der Waals surface area contributed by atoms with Crippen LogP contribution in [0.3, 0.4) is 0 Å². The predicted octanol–water partition coefficient (Wildman–Crippen LogP) is 4.05. The molecule has 0 aromatic heterocycles. The van der Waals surface area contributed by atoms with Crippen LogP contribution >= 0.6 is 0 Å². The number of hydrogen-bond acceptors (Lipinski definition) is 1. The van der Waals surface area contributed by atoms with Crippen molar-refractivity contribution in [3.05, 3.63) is 35.4 Å². The molecule has 1 saturated carbocycles. The molecule has 1 heteroatoms. The Morgan fingerprint density at radius 3 is 2.65 bits per heavy atom. The Morgan fingerprint density at radius 1 is 1.18 bits per heavy atom. The van der Waals surface area contributed by atoms with E-state index in [-0.39, 0.29) is 6.10 Å². The summed E-state index contributed by atoms with van der Waals surface area (Å²) in [4.78, 5) is 0. The van der Waals surface area contributed by atoms with E-state index in [1.807, 2.05) is 0 Å². The molecule has 0 aliphatic heterocycles. The van der Waals surface area contributed by atoms with Crippen molar-refractivity contribution >= 4 is 0 Å². The smallest absolute Gasteiger partial charge is 0.0540 e. The zero-order valence-corrected chi connectivity index (χ0v) is 10.9. The molecule has 0 spiro atoms.